The molecule has 0 radical (unpaired) electrons. The predicted molar refractivity (Wildman–Crippen MR) is 126 cm³/mol. The second-order valence-electron chi connectivity index (χ2n) is 9.16. The first-order chi connectivity index (χ1) is 16.7. The van der Waals surface area contributed by atoms with Gasteiger partial charge in [0.15, 0.2) is 0 Å². The average Bonchev–Trinajstić information content (AvgIpc) is 3.53. The van der Waals surface area contributed by atoms with Crippen molar-refractivity contribution < 1.29 is 18.0 Å². The number of aromatic amines is 1. The van der Waals surface area contributed by atoms with Crippen LogP contribution in [0.4, 0.5) is 29.3 Å². The molecule has 1 saturated heterocycles. The first kappa shape index (κ1) is 23.3. The molecule has 2 fully saturated rings. The molecule has 2 aromatic heterocycles. The standard InChI is InChI=1S/C24H22ClF3N6O/c1-33(21-15(9-29)10-31-22-18(21)4-5-30-22)17-6-13-11-34(12-14(13)7-17)23(35)32-16-2-3-20(25)19(8-16)24(26,27)28/h2-5,8,10,13-14,17H,6-7,11-12H2,1H3,(H,30,31)(H,32,35)/t13-,14+,17+. The lowest BCUT2D eigenvalue weighted by atomic mass is 10.0. The van der Waals surface area contributed by atoms with Crippen molar-refractivity contribution in [3.8, 4) is 6.07 Å². The number of anilines is 2. The molecule has 11 heteroatoms. The van der Waals surface area contributed by atoms with Gasteiger partial charge in [-0.3, -0.25) is 0 Å². The van der Waals surface area contributed by atoms with Gasteiger partial charge in [-0.05, 0) is 48.9 Å². The van der Waals surface area contributed by atoms with Crippen LogP contribution in [-0.4, -0.2) is 47.1 Å². The fraction of sp³-hybridized carbons (Fsp3) is 0.375. The third kappa shape index (κ3) is 4.25. The van der Waals surface area contributed by atoms with Crippen LogP contribution in [-0.2, 0) is 6.18 Å². The van der Waals surface area contributed by atoms with E-state index in [4.69, 9.17) is 11.6 Å². The van der Waals surface area contributed by atoms with E-state index in [-0.39, 0.29) is 23.6 Å². The van der Waals surface area contributed by atoms with Gasteiger partial charge < -0.3 is 20.1 Å². The largest absolute Gasteiger partial charge is 0.417 e. The first-order valence-corrected chi connectivity index (χ1v) is 11.5. The highest BCUT2D eigenvalue weighted by atomic mass is 35.5. The van der Waals surface area contributed by atoms with Crippen LogP contribution in [0.1, 0.15) is 24.0 Å². The summed E-state index contributed by atoms with van der Waals surface area (Å²) in [6.45, 7) is 1.06. The van der Waals surface area contributed by atoms with Gasteiger partial charge in [0.25, 0.3) is 0 Å². The number of nitrogens with one attached hydrogen (secondary N) is 2. The quantitative estimate of drug-likeness (QED) is 0.496. The number of benzene rings is 1. The zero-order valence-electron chi connectivity index (χ0n) is 18.7. The van der Waals surface area contributed by atoms with Gasteiger partial charge in [-0.2, -0.15) is 18.4 Å². The molecule has 2 N–H and O–H groups in total. The summed E-state index contributed by atoms with van der Waals surface area (Å²) in [6, 6.07) is 7.28. The third-order valence-corrected chi connectivity index (χ3v) is 7.44. The predicted octanol–water partition coefficient (Wildman–Crippen LogP) is 5.49. The number of hydrogen-bond acceptors (Lipinski definition) is 4. The van der Waals surface area contributed by atoms with E-state index in [1.54, 1.807) is 17.3 Å². The number of amides is 2. The minimum absolute atomic E-state index is 0.0543. The summed E-state index contributed by atoms with van der Waals surface area (Å²) in [5.41, 5.74) is 1.16. The molecule has 182 valence electrons. The Morgan fingerprint density at radius 3 is 2.66 bits per heavy atom. The zero-order valence-corrected chi connectivity index (χ0v) is 19.5. The number of halogens is 4. The smallest absolute Gasteiger partial charge is 0.370 e. The summed E-state index contributed by atoms with van der Waals surface area (Å²) in [5, 5.41) is 12.7. The van der Waals surface area contributed by atoms with Crippen molar-refractivity contribution >= 4 is 40.0 Å². The van der Waals surface area contributed by atoms with Crippen molar-refractivity contribution in [3.63, 3.8) is 0 Å². The van der Waals surface area contributed by atoms with Crippen molar-refractivity contribution in [2.45, 2.75) is 25.1 Å². The van der Waals surface area contributed by atoms with Gasteiger partial charge >= 0.3 is 12.2 Å². The summed E-state index contributed by atoms with van der Waals surface area (Å²) < 4.78 is 39.4. The number of fused-ring (bicyclic) bond motifs is 2. The molecule has 0 unspecified atom stereocenters. The minimum atomic E-state index is -4.60. The van der Waals surface area contributed by atoms with Gasteiger partial charge in [0, 0.05) is 49.6 Å². The van der Waals surface area contributed by atoms with E-state index in [1.165, 1.54) is 6.07 Å². The van der Waals surface area contributed by atoms with Crippen molar-refractivity contribution in [1.82, 2.24) is 14.9 Å². The number of carbonyl (C=O) groups excluding carboxylic acids is 1. The van der Waals surface area contributed by atoms with Gasteiger partial charge in [0.05, 0.1) is 21.8 Å². The molecule has 1 aliphatic heterocycles. The van der Waals surface area contributed by atoms with Gasteiger partial charge in [-0.15, -0.1) is 0 Å². The van der Waals surface area contributed by atoms with Crippen LogP contribution in [0.5, 0.6) is 0 Å². The van der Waals surface area contributed by atoms with Crippen LogP contribution >= 0.6 is 11.6 Å². The monoisotopic (exact) mass is 502 g/mol. The van der Waals surface area contributed by atoms with E-state index in [0.29, 0.717) is 18.7 Å². The van der Waals surface area contributed by atoms with Crippen LogP contribution in [0.2, 0.25) is 5.02 Å². The van der Waals surface area contributed by atoms with E-state index >= 15 is 0 Å². The summed E-state index contributed by atoms with van der Waals surface area (Å²) in [4.78, 5) is 24.0. The van der Waals surface area contributed by atoms with Gasteiger partial charge in [-0.25, -0.2) is 9.78 Å². The van der Waals surface area contributed by atoms with Crippen molar-refractivity contribution in [3.05, 3.63) is 52.8 Å². The van der Waals surface area contributed by atoms with Gasteiger partial charge in [0.2, 0.25) is 0 Å². The molecule has 3 heterocycles. The normalized spacial score (nSPS) is 21.7. The van der Waals surface area contributed by atoms with Crippen LogP contribution in [0, 0.1) is 23.2 Å². The number of nitriles is 1. The minimum Gasteiger partial charge on any atom is -0.370 e. The Bertz CT molecular complexity index is 1320. The Hall–Kier alpha value is -3.45. The van der Waals surface area contributed by atoms with Crippen molar-refractivity contribution in [2.24, 2.45) is 11.8 Å². The molecule has 3 aromatic rings. The maximum absolute atomic E-state index is 13.1. The lowest BCUT2D eigenvalue weighted by Crippen LogP contribution is -2.36. The average molecular weight is 503 g/mol. The second kappa shape index (κ2) is 8.64. The number of pyridine rings is 1. The molecule has 2 amide bonds. The third-order valence-electron chi connectivity index (χ3n) is 7.12. The molecule has 0 spiro atoms. The summed E-state index contributed by atoms with van der Waals surface area (Å²) >= 11 is 5.67. The number of aromatic nitrogens is 2. The van der Waals surface area contributed by atoms with E-state index in [0.717, 1.165) is 41.7 Å². The van der Waals surface area contributed by atoms with Crippen molar-refractivity contribution in [2.75, 3.05) is 30.4 Å². The molecule has 1 aromatic carbocycles. The fourth-order valence-corrected chi connectivity index (χ4v) is 5.64. The highest BCUT2D eigenvalue weighted by Gasteiger charge is 2.44. The zero-order chi connectivity index (χ0) is 24.9. The van der Waals surface area contributed by atoms with Crippen LogP contribution in [0.15, 0.2) is 36.7 Å². The van der Waals surface area contributed by atoms with E-state index in [9.17, 15) is 23.2 Å². The van der Waals surface area contributed by atoms with Crippen molar-refractivity contribution in [1.29, 1.82) is 5.26 Å². The number of urea groups is 1. The first-order valence-electron chi connectivity index (χ1n) is 11.2. The number of H-pyrrole nitrogens is 1. The number of likely N-dealkylation sites (tertiary alicyclic amines) is 1. The maximum Gasteiger partial charge on any atom is 0.417 e. The molecular formula is C24H22ClF3N6O. The molecule has 7 nitrogen and oxygen atoms in total. The van der Waals surface area contributed by atoms with Gasteiger partial charge in [0.1, 0.15) is 11.7 Å². The van der Waals surface area contributed by atoms with Crippen LogP contribution in [0.3, 0.4) is 0 Å². The number of alkyl halides is 3. The topological polar surface area (TPSA) is 88.1 Å². The van der Waals surface area contributed by atoms with Crippen LogP contribution in [0.25, 0.3) is 11.0 Å². The molecule has 2 aliphatic rings. The Morgan fingerprint density at radius 1 is 1.29 bits per heavy atom. The molecular weight excluding hydrogens is 481 g/mol. The Labute approximate surface area is 204 Å². The summed E-state index contributed by atoms with van der Waals surface area (Å²) in [7, 11) is 1.98. The Kier molecular flexibility index (Phi) is 5.75. The van der Waals surface area contributed by atoms with E-state index in [2.05, 4.69) is 26.3 Å². The highest BCUT2D eigenvalue weighted by Crippen LogP contribution is 2.43. The molecule has 1 aliphatic carbocycles. The number of hydrogen-bond donors (Lipinski definition) is 2. The Morgan fingerprint density at radius 2 is 2.00 bits per heavy atom. The Balaban J connectivity index is 1.25. The van der Waals surface area contributed by atoms with Gasteiger partial charge in [-0.1, -0.05) is 11.6 Å². The molecule has 35 heavy (non-hydrogen) atoms. The van der Waals surface area contributed by atoms with Crippen LogP contribution < -0.4 is 10.2 Å². The lowest BCUT2D eigenvalue weighted by molar-refractivity contribution is -0.137. The van der Waals surface area contributed by atoms with E-state index < -0.39 is 22.8 Å². The highest BCUT2D eigenvalue weighted by molar-refractivity contribution is 6.31. The lowest BCUT2D eigenvalue weighted by Gasteiger charge is -2.29. The molecule has 3 atom stereocenters. The number of carbonyl (C=O) groups is 1. The summed E-state index contributed by atoms with van der Waals surface area (Å²) in [6.07, 6.45) is 0.476. The molecule has 1 saturated carbocycles. The SMILES string of the molecule is CN(c1c(C#N)cnc2[nH]ccc12)[C@H]1C[C@@H]2CN(C(=O)Nc3ccc(Cl)c(C(F)(F)F)c3)C[C@@H]2C1. The number of nitrogens with zero attached hydrogens (tertiary/aromatic N) is 4. The maximum atomic E-state index is 13.1. The molecule has 0 bridgehead atoms. The number of rotatable bonds is 3. The molecule has 5 rings (SSSR count). The fourth-order valence-electron chi connectivity index (χ4n) is 5.41. The summed E-state index contributed by atoms with van der Waals surface area (Å²) in [5.74, 6) is 0.552. The van der Waals surface area contributed by atoms with E-state index in [1.807, 2.05) is 13.1 Å². The second-order valence-corrected chi connectivity index (χ2v) is 9.56.